The Hall–Kier alpha value is -0.242. The Bertz CT molecular complexity index is 51.7. The molecule has 17 heavy (non-hydrogen) atoms. The van der Waals surface area contributed by atoms with Crippen molar-refractivity contribution >= 4 is 14.5 Å². The molecule has 0 bridgehead atoms. The zero-order chi connectivity index (χ0) is 4.50. The molecule has 0 aromatic carbocycles. The quantitative estimate of drug-likeness (QED) is 0.354. The molecule has 0 amide bonds. The minimum absolute atomic E-state index is 0. The van der Waals surface area contributed by atoms with E-state index in [1.54, 1.807) is 0 Å². The molecule has 0 aliphatic heterocycles. The van der Waals surface area contributed by atoms with Gasteiger partial charge in [0.2, 0.25) is 0 Å². The molecule has 0 spiro atoms. The molecule has 0 aromatic heterocycles. The van der Waals surface area contributed by atoms with Crippen molar-refractivity contribution in [3.8, 4) is 0 Å². The SMILES string of the molecule is O.O.O.O.O.O.O.O.O.O.O.O.O=[As](O)(O)O. The van der Waals surface area contributed by atoms with Crippen LogP contribution in [0.2, 0.25) is 0 Å². The first-order valence-corrected chi connectivity index (χ1v) is 4.07. The van der Waals surface area contributed by atoms with Crippen molar-refractivity contribution in [1.29, 1.82) is 0 Å². The molecule has 16 nitrogen and oxygen atoms in total. The average molecular weight is 358 g/mol. The summed E-state index contributed by atoms with van der Waals surface area (Å²) in [5.41, 5.74) is 0. The van der Waals surface area contributed by atoms with E-state index < -0.39 is 14.5 Å². The van der Waals surface area contributed by atoms with Gasteiger partial charge in [0.25, 0.3) is 0 Å². The van der Waals surface area contributed by atoms with E-state index in [0.717, 1.165) is 0 Å². The molecule has 0 aliphatic carbocycles. The topological polar surface area (TPSA) is 456 Å². The van der Waals surface area contributed by atoms with E-state index in [4.69, 9.17) is 16.0 Å². The summed E-state index contributed by atoms with van der Waals surface area (Å²) in [6, 6.07) is 0. The molecule has 0 saturated heterocycles. The van der Waals surface area contributed by atoms with Gasteiger partial charge in [-0.2, -0.15) is 0 Å². The molecule has 128 valence electrons. The Labute approximate surface area is 97.2 Å². The molecule has 17 heteroatoms. The van der Waals surface area contributed by atoms with Gasteiger partial charge >= 0.3 is 30.5 Å². The van der Waals surface area contributed by atoms with Crippen molar-refractivity contribution in [3.63, 3.8) is 0 Å². The van der Waals surface area contributed by atoms with Crippen LogP contribution in [0.15, 0.2) is 0 Å². The molecule has 0 aliphatic rings. The van der Waals surface area contributed by atoms with Crippen LogP contribution in [-0.4, -0.2) is 92.5 Å². The molecule has 0 heterocycles. The van der Waals surface area contributed by atoms with E-state index in [1.165, 1.54) is 0 Å². The summed E-state index contributed by atoms with van der Waals surface area (Å²) in [5.74, 6) is 0. The minimum atomic E-state index is -5.12. The fraction of sp³-hybridized carbons (Fsp3) is 0. The summed E-state index contributed by atoms with van der Waals surface area (Å²) in [6.07, 6.45) is 0. The van der Waals surface area contributed by atoms with Crippen LogP contribution >= 0.6 is 0 Å². The Balaban J connectivity index is -0.00000000121. The van der Waals surface area contributed by atoms with Gasteiger partial charge in [0.1, 0.15) is 0 Å². The van der Waals surface area contributed by atoms with E-state index in [1.807, 2.05) is 0 Å². The summed E-state index contributed by atoms with van der Waals surface area (Å²) in [7, 11) is 0. The molecule has 0 atom stereocenters. The summed E-state index contributed by atoms with van der Waals surface area (Å²) >= 11 is -5.12. The van der Waals surface area contributed by atoms with Crippen LogP contribution in [0.1, 0.15) is 0 Å². The van der Waals surface area contributed by atoms with Crippen molar-refractivity contribution < 1.29 is 81.7 Å². The van der Waals surface area contributed by atoms with E-state index in [-0.39, 0.29) is 65.7 Å². The van der Waals surface area contributed by atoms with Crippen molar-refractivity contribution in [2.75, 3.05) is 0 Å². The van der Waals surface area contributed by atoms with Gasteiger partial charge in [-0.25, -0.2) is 0 Å². The Morgan fingerprint density at radius 2 is 0.412 bits per heavy atom. The van der Waals surface area contributed by atoms with Crippen LogP contribution in [-0.2, 0) is 3.74 Å². The zero-order valence-corrected chi connectivity index (χ0v) is 10.1. The van der Waals surface area contributed by atoms with E-state index in [2.05, 4.69) is 0 Å². The fourth-order valence-corrected chi connectivity index (χ4v) is 0. The van der Waals surface area contributed by atoms with Crippen molar-refractivity contribution in [2.24, 2.45) is 0 Å². The second-order valence-electron chi connectivity index (χ2n) is 0.513. The van der Waals surface area contributed by atoms with Crippen LogP contribution in [0.3, 0.4) is 0 Å². The predicted molar refractivity (Wildman–Crippen MR) is 56.5 cm³/mol. The molecule has 0 unspecified atom stereocenters. The predicted octanol–water partition coefficient (Wildman–Crippen LogP) is -12.1. The first-order valence-electron chi connectivity index (χ1n) is 0.783. The monoisotopic (exact) mass is 358 g/mol. The van der Waals surface area contributed by atoms with Crippen molar-refractivity contribution in [3.05, 3.63) is 0 Å². The normalized spacial score (nSPS) is 3.47. The first kappa shape index (κ1) is 295. The van der Waals surface area contributed by atoms with Crippen molar-refractivity contribution in [1.82, 2.24) is 0 Å². The maximum atomic E-state index is 8.94. The third kappa shape index (κ3) is 51100. The molecule has 0 radical (unpaired) electrons. The maximum absolute atomic E-state index is 8.94. The summed E-state index contributed by atoms with van der Waals surface area (Å²) in [4.78, 5) is 0. The van der Waals surface area contributed by atoms with Crippen LogP contribution in [0.25, 0.3) is 0 Å². The average Bonchev–Trinajstić information content (AvgIpc) is 0.722. The van der Waals surface area contributed by atoms with Gasteiger partial charge in [0.15, 0.2) is 0 Å². The van der Waals surface area contributed by atoms with Gasteiger partial charge in [0.05, 0.1) is 0 Å². The molecule has 0 rings (SSSR count). The van der Waals surface area contributed by atoms with Gasteiger partial charge < -0.3 is 65.7 Å². The van der Waals surface area contributed by atoms with Gasteiger partial charge in [-0.15, -0.1) is 0 Å². The third-order valence-electron chi connectivity index (χ3n) is 0. The van der Waals surface area contributed by atoms with Crippen LogP contribution < -0.4 is 0 Å². The molecular formula is H27AsO16. The van der Waals surface area contributed by atoms with E-state index in [0.29, 0.717) is 0 Å². The van der Waals surface area contributed by atoms with Gasteiger partial charge in [0, 0.05) is 0 Å². The zero-order valence-electron chi connectivity index (χ0n) is 8.20. The Morgan fingerprint density at radius 3 is 0.412 bits per heavy atom. The van der Waals surface area contributed by atoms with E-state index >= 15 is 0 Å². The van der Waals surface area contributed by atoms with Crippen LogP contribution in [0.4, 0.5) is 0 Å². The summed E-state index contributed by atoms with van der Waals surface area (Å²) < 4.78 is 30.7. The van der Waals surface area contributed by atoms with Gasteiger partial charge in [-0.05, 0) is 0 Å². The Morgan fingerprint density at radius 1 is 0.412 bits per heavy atom. The number of hydrogen-bond donors (Lipinski definition) is 3. The fourth-order valence-electron chi connectivity index (χ4n) is 0. The van der Waals surface area contributed by atoms with Gasteiger partial charge in [-0.3, -0.25) is 0 Å². The molecule has 0 fully saturated rings. The third-order valence-corrected chi connectivity index (χ3v) is 0. The summed E-state index contributed by atoms with van der Waals surface area (Å²) in [5, 5.41) is 0. The van der Waals surface area contributed by atoms with Crippen molar-refractivity contribution in [2.45, 2.75) is 0 Å². The number of rotatable bonds is 0. The molecule has 0 aromatic rings. The second kappa shape index (κ2) is 104. The molecule has 0 saturated carbocycles. The second-order valence-corrected chi connectivity index (χ2v) is 2.67. The molecule has 27 N–H and O–H groups in total. The first-order chi connectivity index (χ1) is 2.00. The standard InChI is InChI=1S/AsH3O4.12H2O/c2-1(3,4)5;;;;;;;;;;;;/h(H3,2,3,4,5);12*1H2. The van der Waals surface area contributed by atoms with Gasteiger partial charge in [-0.1, -0.05) is 0 Å². The van der Waals surface area contributed by atoms with Crippen LogP contribution in [0.5, 0.6) is 0 Å². The molecular weight excluding hydrogens is 331 g/mol. The summed E-state index contributed by atoms with van der Waals surface area (Å²) in [6.45, 7) is 0. The number of hydrogen-bond acceptors (Lipinski definition) is 1. The van der Waals surface area contributed by atoms with E-state index in [9.17, 15) is 0 Å². The van der Waals surface area contributed by atoms with Crippen LogP contribution in [0, 0.1) is 0 Å². The Kier molecular flexibility index (Phi) is 1790.